The molecule has 3 nitrogen and oxygen atoms in total. The molecule has 2 aliphatic heterocycles. The minimum atomic E-state index is 0.288. The fraction of sp³-hybridized carbons (Fsp3) is 1.00. The molecule has 0 radical (unpaired) electrons. The van der Waals surface area contributed by atoms with Crippen LogP contribution < -0.4 is 5.32 Å². The van der Waals surface area contributed by atoms with E-state index >= 15 is 0 Å². The summed E-state index contributed by atoms with van der Waals surface area (Å²) in [5, 5.41) is 3.51. The molecule has 1 aliphatic carbocycles. The Morgan fingerprint density at radius 3 is 2.79 bits per heavy atom. The molecular formula is C16H30N2O. The summed E-state index contributed by atoms with van der Waals surface area (Å²) in [5.74, 6) is 0. The van der Waals surface area contributed by atoms with Crippen LogP contribution in [0.3, 0.4) is 0 Å². The second-order valence-electron chi connectivity index (χ2n) is 6.90. The number of hydrogen-bond donors (Lipinski definition) is 1. The predicted molar refractivity (Wildman–Crippen MR) is 78.4 cm³/mol. The van der Waals surface area contributed by atoms with E-state index < -0.39 is 0 Å². The Morgan fingerprint density at radius 1 is 1.11 bits per heavy atom. The van der Waals surface area contributed by atoms with Crippen molar-refractivity contribution in [3.63, 3.8) is 0 Å². The van der Waals surface area contributed by atoms with E-state index in [0.717, 1.165) is 13.1 Å². The molecule has 0 amide bonds. The summed E-state index contributed by atoms with van der Waals surface area (Å²) in [5.41, 5.74) is 0.288. The SMILES string of the molecule is CC1CCNCCN1CC1CCC2(CCCCC2)O1. The fourth-order valence-electron chi connectivity index (χ4n) is 4.18. The molecule has 1 spiro atoms. The lowest BCUT2D eigenvalue weighted by Crippen LogP contribution is -2.41. The first-order chi connectivity index (χ1) is 9.27. The molecule has 0 aromatic rings. The molecule has 1 saturated carbocycles. The van der Waals surface area contributed by atoms with Crippen LogP contribution in [0, 0.1) is 0 Å². The van der Waals surface area contributed by atoms with Crippen molar-refractivity contribution in [1.29, 1.82) is 0 Å². The lowest BCUT2D eigenvalue weighted by Gasteiger charge is -2.35. The molecular weight excluding hydrogens is 236 g/mol. The van der Waals surface area contributed by atoms with E-state index in [-0.39, 0.29) is 5.60 Å². The fourth-order valence-corrected chi connectivity index (χ4v) is 4.18. The van der Waals surface area contributed by atoms with E-state index in [9.17, 15) is 0 Å². The summed E-state index contributed by atoms with van der Waals surface area (Å²) in [7, 11) is 0. The summed E-state index contributed by atoms with van der Waals surface area (Å²) in [6.07, 6.45) is 11.2. The number of rotatable bonds is 2. The highest BCUT2D eigenvalue weighted by Crippen LogP contribution is 2.42. The lowest BCUT2D eigenvalue weighted by molar-refractivity contribution is -0.0738. The van der Waals surface area contributed by atoms with Crippen LogP contribution in [-0.4, -0.2) is 48.8 Å². The number of nitrogens with zero attached hydrogens (tertiary/aromatic N) is 1. The molecule has 1 N–H and O–H groups in total. The van der Waals surface area contributed by atoms with Gasteiger partial charge in [0.1, 0.15) is 0 Å². The molecule has 2 heterocycles. The van der Waals surface area contributed by atoms with Gasteiger partial charge in [-0.05, 0) is 45.6 Å². The van der Waals surface area contributed by atoms with Crippen molar-refractivity contribution in [2.75, 3.05) is 26.2 Å². The van der Waals surface area contributed by atoms with Crippen LogP contribution in [0.1, 0.15) is 58.3 Å². The highest BCUT2D eigenvalue weighted by Gasteiger charge is 2.41. The van der Waals surface area contributed by atoms with E-state index in [1.165, 1.54) is 64.5 Å². The van der Waals surface area contributed by atoms with Crippen molar-refractivity contribution in [2.24, 2.45) is 0 Å². The van der Waals surface area contributed by atoms with Gasteiger partial charge >= 0.3 is 0 Å². The second kappa shape index (κ2) is 6.11. The first-order valence-electron chi connectivity index (χ1n) is 8.40. The monoisotopic (exact) mass is 266 g/mol. The smallest absolute Gasteiger partial charge is 0.0710 e. The van der Waals surface area contributed by atoms with Gasteiger partial charge in [0.05, 0.1) is 11.7 Å². The quantitative estimate of drug-likeness (QED) is 0.831. The van der Waals surface area contributed by atoms with Crippen LogP contribution in [0.25, 0.3) is 0 Å². The first kappa shape index (κ1) is 13.8. The van der Waals surface area contributed by atoms with Gasteiger partial charge < -0.3 is 10.1 Å². The highest BCUT2D eigenvalue weighted by molar-refractivity contribution is 4.92. The van der Waals surface area contributed by atoms with Crippen LogP contribution in [0.2, 0.25) is 0 Å². The molecule has 19 heavy (non-hydrogen) atoms. The zero-order chi connectivity index (χ0) is 13.1. The van der Waals surface area contributed by atoms with E-state index in [2.05, 4.69) is 17.1 Å². The predicted octanol–water partition coefficient (Wildman–Crippen LogP) is 2.55. The topological polar surface area (TPSA) is 24.5 Å². The molecule has 2 saturated heterocycles. The van der Waals surface area contributed by atoms with Gasteiger partial charge in [0.2, 0.25) is 0 Å². The number of ether oxygens (including phenoxy) is 1. The maximum absolute atomic E-state index is 6.52. The molecule has 3 heteroatoms. The van der Waals surface area contributed by atoms with Crippen LogP contribution in [-0.2, 0) is 4.74 Å². The number of nitrogens with one attached hydrogen (secondary N) is 1. The van der Waals surface area contributed by atoms with E-state index in [0.29, 0.717) is 12.1 Å². The zero-order valence-electron chi connectivity index (χ0n) is 12.5. The van der Waals surface area contributed by atoms with Gasteiger partial charge in [0.25, 0.3) is 0 Å². The summed E-state index contributed by atoms with van der Waals surface area (Å²) in [6.45, 7) is 7.03. The van der Waals surface area contributed by atoms with Crippen molar-refractivity contribution < 1.29 is 4.74 Å². The molecule has 0 aromatic heterocycles. The van der Waals surface area contributed by atoms with E-state index in [4.69, 9.17) is 4.74 Å². The number of hydrogen-bond acceptors (Lipinski definition) is 3. The normalized spacial score (nSPS) is 36.5. The highest BCUT2D eigenvalue weighted by atomic mass is 16.5. The average Bonchev–Trinajstić information content (AvgIpc) is 2.68. The lowest BCUT2D eigenvalue weighted by atomic mass is 9.83. The van der Waals surface area contributed by atoms with Gasteiger partial charge in [-0.1, -0.05) is 19.3 Å². The maximum atomic E-state index is 6.52. The van der Waals surface area contributed by atoms with Crippen LogP contribution >= 0.6 is 0 Å². The molecule has 2 atom stereocenters. The van der Waals surface area contributed by atoms with Crippen LogP contribution in [0.5, 0.6) is 0 Å². The Bertz CT molecular complexity index is 288. The molecule has 3 rings (SSSR count). The molecule has 110 valence electrons. The van der Waals surface area contributed by atoms with Gasteiger partial charge in [-0.2, -0.15) is 0 Å². The first-order valence-corrected chi connectivity index (χ1v) is 8.40. The van der Waals surface area contributed by atoms with Crippen LogP contribution in [0.15, 0.2) is 0 Å². The summed E-state index contributed by atoms with van der Waals surface area (Å²) in [4.78, 5) is 2.65. The van der Waals surface area contributed by atoms with E-state index in [1.54, 1.807) is 0 Å². The Morgan fingerprint density at radius 2 is 1.95 bits per heavy atom. The largest absolute Gasteiger partial charge is 0.370 e. The van der Waals surface area contributed by atoms with Crippen molar-refractivity contribution in [1.82, 2.24) is 10.2 Å². The molecule has 3 aliphatic rings. The zero-order valence-corrected chi connectivity index (χ0v) is 12.5. The third-order valence-corrected chi connectivity index (χ3v) is 5.48. The van der Waals surface area contributed by atoms with Gasteiger partial charge in [0, 0.05) is 25.7 Å². The summed E-state index contributed by atoms with van der Waals surface area (Å²) < 4.78 is 6.52. The minimum Gasteiger partial charge on any atom is -0.370 e. The van der Waals surface area contributed by atoms with Crippen molar-refractivity contribution in [3.8, 4) is 0 Å². The van der Waals surface area contributed by atoms with Crippen molar-refractivity contribution in [3.05, 3.63) is 0 Å². The standard InChI is InChI=1S/C16H30N2O/c1-14-6-10-17-11-12-18(14)13-15-5-9-16(19-15)7-3-2-4-8-16/h14-15,17H,2-13H2,1H3. The summed E-state index contributed by atoms with van der Waals surface area (Å²) in [6, 6.07) is 0.710. The maximum Gasteiger partial charge on any atom is 0.0710 e. The third-order valence-electron chi connectivity index (χ3n) is 5.48. The van der Waals surface area contributed by atoms with Gasteiger partial charge in [-0.25, -0.2) is 0 Å². The molecule has 0 aromatic carbocycles. The van der Waals surface area contributed by atoms with E-state index in [1.807, 2.05) is 0 Å². The second-order valence-corrected chi connectivity index (χ2v) is 6.90. The Hall–Kier alpha value is -0.120. The third kappa shape index (κ3) is 3.32. The van der Waals surface area contributed by atoms with Gasteiger partial charge in [-0.3, -0.25) is 4.90 Å². The minimum absolute atomic E-state index is 0.288. The molecule has 0 bridgehead atoms. The van der Waals surface area contributed by atoms with Crippen LogP contribution in [0.4, 0.5) is 0 Å². The Labute approximate surface area is 118 Å². The Balaban J connectivity index is 1.53. The van der Waals surface area contributed by atoms with Crippen molar-refractivity contribution in [2.45, 2.75) is 76.0 Å². The van der Waals surface area contributed by atoms with Gasteiger partial charge in [-0.15, -0.1) is 0 Å². The average molecular weight is 266 g/mol. The molecule has 3 fully saturated rings. The molecule has 2 unspecified atom stereocenters. The summed E-state index contributed by atoms with van der Waals surface area (Å²) >= 11 is 0. The van der Waals surface area contributed by atoms with Gasteiger partial charge in [0.15, 0.2) is 0 Å². The van der Waals surface area contributed by atoms with Crippen molar-refractivity contribution >= 4 is 0 Å². The Kier molecular flexibility index (Phi) is 4.45.